The Morgan fingerprint density at radius 2 is 1.71 bits per heavy atom. The van der Waals surface area contributed by atoms with Crippen molar-refractivity contribution in [3.63, 3.8) is 0 Å². The summed E-state index contributed by atoms with van der Waals surface area (Å²) in [6, 6.07) is 9.20. The number of sulfonamides is 1. The van der Waals surface area contributed by atoms with Crippen LogP contribution in [0.4, 0.5) is 0 Å². The van der Waals surface area contributed by atoms with Crippen LogP contribution < -0.4 is 4.74 Å². The van der Waals surface area contributed by atoms with Crippen LogP contribution in [0.5, 0.6) is 5.75 Å². The highest BCUT2D eigenvalue weighted by molar-refractivity contribution is 7.89. The summed E-state index contributed by atoms with van der Waals surface area (Å²) in [5, 5.41) is 0.126. The monoisotopic (exact) mass is 367 g/mol. The van der Waals surface area contributed by atoms with Crippen LogP contribution in [-0.2, 0) is 10.0 Å². The fraction of sp³-hybridized carbons (Fsp3) is 0.235. The fourth-order valence-corrected chi connectivity index (χ4v) is 3.09. The predicted octanol–water partition coefficient (Wildman–Crippen LogP) is 3.43. The third-order valence-electron chi connectivity index (χ3n) is 3.63. The highest BCUT2D eigenvalue weighted by Gasteiger charge is 2.21. The molecular formula is C17H18ClNO4S. The highest BCUT2D eigenvalue weighted by atomic mass is 35.5. The second-order valence-electron chi connectivity index (χ2n) is 5.56. The van der Waals surface area contributed by atoms with Gasteiger partial charge in [-0.25, -0.2) is 17.5 Å². The van der Waals surface area contributed by atoms with Crippen LogP contribution in [0.1, 0.15) is 21.5 Å². The smallest absolute Gasteiger partial charge is 0.345 e. The lowest BCUT2D eigenvalue weighted by atomic mass is 10.1. The van der Waals surface area contributed by atoms with Crippen molar-refractivity contribution >= 4 is 27.6 Å². The third-order valence-corrected chi connectivity index (χ3v) is 5.77. The van der Waals surface area contributed by atoms with Crippen molar-refractivity contribution in [3.05, 3.63) is 58.1 Å². The number of nitrogens with zero attached hydrogens (tertiary/aromatic N) is 1. The summed E-state index contributed by atoms with van der Waals surface area (Å²) in [5.74, 6) is -0.334. The number of halogens is 1. The molecule has 0 saturated heterocycles. The van der Waals surface area contributed by atoms with Crippen LogP contribution in [0, 0.1) is 13.8 Å². The molecule has 2 rings (SSSR count). The Morgan fingerprint density at radius 3 is 2.29 bits per heavy atom. The van der Waals surface area contributed by atoms with E-state index in [0.29, 0.717) is 5.75 Å². The molecule has 5 nitrogen and oxygen atoms in total. The van der Waals surface area contributed by atoms with Gasteiger partial charge < -0.3 is 4.74 Å². The van der Waals surface area contributed by atoms with Crippen LogP contribution in [0.2, 0.25) is 5.02 Å². The summed E-state index contributed by atoms with van der Waals surface area (Å²) in [7, 11) is -0.841. The van der Waals surface area contributed by atoms with E-state index >= 15 is 0 Å². The van der Waals surface area contributed by atoms with Crippen LogP contribution in [0.15, 0.2) is 41.3 Å². The van der Waals surface area contributed by atoms with Crippen LogP contribution >= 0.6 is 11.6 Å². The average Bonchev–Trinajstić information content (AvgIpc) is 2.51. The molecule has 0 fully saturated rings. The quantitative estimate of drug-likeness (QED) is 0.613. The van der Waals surface area contributed by atoms with E-state index in [-0.39, 0.29) is 15.5 Å². The fourth-order valence-electron chi connectivity index (χ4n) is 1.97. The molecule has 2 aromatic carbocycles. The largest absolute Gasteiger partial charge is 0.423 e. The second kappa shape index (κ2) is 6.93. The Labute approximate surface area is 146 Å². The molecule has 128 valence electrons. The summed E-state index contributed by atoms with van der Waals surface area (Å²) in [4.78, 5) is 12.3. The number of ether oxygens (including phenoxy) is 1. The number of carbonyl (C=O) groups is 1. The number of hydrogen-bond donors (Lipinski definition) is 0. The number of rotatable bonds is 4. The highest BCUT2D eigenvalue weighted by Crippen LogP contribution is 2.24. The molecular weight excluding hydrogens is 350 g/mol. The van der Waals surface area contributed by atoms with Crippen molar-refractivity contribution in [3.8, 4) is 5.75 Å². The molecule has 2 aromatic rings. The Bertz CT molecular complexity index is 891. The Hall–Kier alpha value is -1.89. The number of benzene rings is 2. The molecule has 0 aliphatic carbocycles. The first kappa shape index (κ1) is 18.4. The van der Waals surface area contributed by atoms with Gasteiger partial charge in [0.05, 0.1) is 15.5 Å². The average molecular weight is 368 g/mol. The van der Waals surface area contributed by atoms with E-state index in [9.17, 15) is 13.2 Å². The molecule has 0 N–H and O–H groups in total. The van der Waals surface area contributed by atoms with Gasteiger partial charge in [-0.2, -0.15) is 0 Å². The van der Waals surface area contributed by atoms with Gasteiger partial charge in [-0.05, 0) is 55.3 Å². The van der Waals surface area contributed by atoms with E-state index in [1.165, 1.54) is 32.3 Å². The number of esters is 1. The van der Waals surface area contributed by atoms with Gasteiger partial charge in [0, 0.05) is 14.1 Å². The van der Waals surface area contributed by atoms with E-state index < -0.39 is 16.0 Å². The van der Waals surface area contributed by atoms with Gasteiger partial charge in [-0.3, -0.25) is 0 Å². The van der Waals surface area contributed by atoms with Crippen molar-refractivity contribution < 1.29 is 17.9 Å². The van der Waals surface area contributed by atoms with Gasteiger partial charge in [0.2, 0.25) is 10.0 Å². The van der Waals surface area contributed by atoms with Crippen LogP contribution in [0.25, 0.3) is 0 Å². The van der Waals surface area contributed by atoms with Crippen LogP contribution in [-0.4, -0.2) is 32.8 Å². The standard InChI is InChI=1S/C17H18ClNO4S/c1-11-5-6-13(9-12(11)2)23-17(20)15-10-14(7-8-16(15)18)24(21,22)19(3)4/h5-10H,1-4H3. The molecule has 0 aromatic heterocycles. The molecule has 7 heteroatoms. The lowest BCUT2D eigenvalue weighted by Crippen LogP contribution is -2.22. The first-order chi connectivity index (χ1) is 11.1. The van der Waals surface area contributed by atoms with Gasteiger partial charge >= 0.3 is 5.97 Å². The lowest BCUT2D eigenvalue weighted by molar-refractivity contribution is 0.0734. The SMILES string of the molecule is Cc1ccc(OC(=O)c2cc(S(=O)(=O)N(C)C)ccc2Cl)cc1C. The first-order valence-corrected chi connectivity index (χ1v) is 8.96. The van der Waals surface area contributed by atoms with Crippen molar-refractivity contribution in [2.75, 3.05) is 14.1 Å². The van der Waals surface area contributed by atoms with E-state index in [2.05, 4.69) is 0 Å². The minimum absolute atomic E-state index is 0.00202. The normalized spacial score (nSPS) is 11.6. The molecule has 0 aliphatic rings. The van der Waals surface area contributed by atoms with E-state index in [1.807, 2.05) is 19.9 Å². The summed E-state index contributed by atoms with van der Waals surface area (Å²) < 4.78 is 30.8. The Kier molecular flexibility index (Phi) is 5.32. The molecule has 0 bridgehead atoms. The third kappa shape index (κ3) is 3.77. The number of hydrogen-bond acceptors (Lipinski definition) is 4. The molecule has 24 heavy (non-hydrogen) atoms. The molecule has 0 spiro atoms. The number of carbonyl (C=O) groups excluding carboxylic acids is 1. The minimum atomic E-state index is -3.67. The maximum atomic E-state index is 12.4. The molecule has 0 unspecified atom stereocenters. The minimum Gasteiger partial charge on any atom is -0.423 e. The lowest BCUT2D eigenvalue weighted by Gasteiger charge is -2.13. The summed E-state index contributed by atoms with van der Waals surface area (Å²) in [6.07, 6.45) is 0. The molecule has 0 radical (unpaired) electrons. The van der Waals surface area contributed by atoms with E-state index in [0.717, 1.165) is 15.4 Å². The summed E-state index contributed by atoms with van der Waals surface area (Å²) in [6.45, 7) is 3.86. The van der Waals surface area contributed by atoms with Crippen molar-refractivity contribution in [1.82, 2.24) is 4.31 Å². The molecule has 0 amide bonds. The summed E-state index contributed by atoms with van der Waals surface area (Å²) >= 11 is 6.03. The van der Waals surface area contributed by atoms with Gasteiger partial charge in [0.15, 0.2) is 0 Å². The van der Waals surface area contributed by atoms with Gasteiger partial charge in [-0.15, -0.1) is 0 Å². The zero-order valence-electron chi connectivity index (χ0n) is 13.8. The first-order valence-electron chi connectivity index (χ1n) is 7.14. The Balaban J connectivity index is 2.37. The maximum absolute atomic E-state index is 12.4. The van der Waals surface area contributed by atoms with Crippen molar-refractivity contribution in [2.24, 2.45) is 0 Å². The molecule has 0 atom stereocenters. The zero-order valence-corrected chi connectivity index (χ0v) is 15.4. The maximum Gasteiger partial charge on any atom is 0.345 e. The van der Waals surface area contributed by atoms with Gasteiger partial charge in [0.1, 0.15) is 5.75 Å². The van der Waals surface area contributed by atoms with Crippen molar-refractivity contribution in [2.45, 2.75) is 18.7 Å². The molecule has 0 heterocycles. The van der Waals surface area contributed by atoms with E-state index in [1.54, 1.807) is 12.1 Å². The second-order valence-corrected chi connectivity index (χ2v) is 8.12. The topological polar surface area (TPSA) is 63.7 Å². The number of aryl methyl sites for hydroxylation is 2. The van der Waals surface area contributed by atoms with Gasteiger partial charge in [0.25, 0.3) is 0 Å². The van der Waals surface area contributed by atoms with E-state index in [4.69, 9.17) is 16.3 Å². The summed E-state index contributed by atoms with van der Waals surface area (Å²) in [5.41, 5.74) is 2.06. The van der Waals surface area contributed by atoms with Crippen LogP contribution in [0.3, 0.4) is 0 Å². The molecule has 0 saturated carbocycles. The van der Waals surface area contributed by atoms with Crippen molar-refractivity contribution in [1.29, 1.82) is 0 Å². The van der Waals surface area contributed by atoms with Gasteiger partial charge in [-0.1, -0.05) is 17.7 Å². The molecule has 0 aliphatic heterocycles. The predicted molar refractivity (Wildman–Crippen MR) is 93.2 cm³/mol. The Morgan fingerprint density at radius 1 is 1.04 bits per heavy atom. The zero-order chi connectivity index (χ0) is 18.1.